The van der Waals surface area contributed by atoms with E-state index in [1.54, 1.807) is 11.0 Å². The first-order valence-electron chi connectivity index (χ1n) is 12.1. The smallest absolute Gasteiger partial charge is 0.320 e. The number of aromatic nitrogens is 4. The van der Waals surface area contributed by atoms with E-state index < -0.39 is 5.67 Å². The molecule has 35 heavy (non-hydrogen) atoms. The van der Waals surface area contributed by atoms with E-state index in [1.807, 2.05) is 48.2 Å². The molecule has 1 unspecified atom stereocenters. The molecule has 3 aromatic rings. The fourth-order valence-corrected chi connectivity index (χ4v) is 4.84. The van der Waals surface area contributed by atoms with Gasteiger partial charge >= 0.3 is 6.01 Å². The van der Waals surface area contributed by atoms with Gasteiger partial charge in [-0.1, -0.05) is 18.2 Å². The summed E-state index contributed by atoms with van der Waals surface area (Å²) in [6.45, 7) is 3.64. The molecule has 2 saturated heterocycles. The van der Waals surface area contributed by atoms with Crippen molar-refractivity contribution in [3.05, 3.63) is 53.7 Å². The van der Waals surface area contributed by atoms with Gasteiger partial charge in [0.05, 0.1) is 19.6 Å². The molecule has 6 rings (SSSR count). The van der Waals surface area contributed by atoms with Crippen LogP contribution in [0.5, 0.6) is 6.01 Å². The van der Waals surface area contributed by atoms with Crippen molar-refractivity contribution in [3.8, 4) is 6.01 Å². The number of amides is 1. The molecule has 1 saturated carbocycles. The second kappa shape index (κ2) is 8.51. The van der Waals surface area contributed by atoms with Gasteiger partial charge in [-0.05, 0) is 37.8 Å². The molecular formula is C25H28FN7O2. The lowest BCUT2D eigenvalue weighted by atomic mass is 9.91. The number of carbonyl (C=O) groups is 1. The number of likely N-dealkylation sites (tertiary alicyclic amines) is 1. The van der Waals surface area contributed by atoms with Crippen LogP contribution in [-0.2, 0) is 0 Å². The Morgan fingerprint density at radius 2 is 1.94 bits per heavy atom. The van der Waals surface area contributed by atoms with Gasteiger partial charge in [0.1, 0.15) is 23.4 Å². The Labute approximate surface area is 202 Å². The van der Waals surface area contributed by atoms with Crippen LogP contribution in [0.1, 0.15) is 35.3 Å². The van der Waals surface area contributed by atoms with Crippen molar-refractivity contribution in [2.75, 3.05) is 36.4 Å². The molecule has 0 radical (unpaired) electrons. The normalized spacial score (nSPS) is 21.0. The van der Waals surface area contributed by atoms with Crippen LogP contribution >= 0.6 is 0 Å². The topological polar surface area (TPSA) is 99.3 Å². The van der Waals surface area contributed by atoms with E-state index in [2.05, 4.69) is 25.5 Å². The fourth-order valence-electron chi connectivity index (χ4n) is 4.84. The van der Waals surface area contributed by atoms with Gasteiger partial charge in [0.2, 0.25) is 0 Å². The van der Waals surface area contributed by atoms with Gasteiger partial charge in [-0.25, -0.2) is 4.39 Å². The van der Waals surface area contributed by atoms with Crippen molar-refractivity contribution in [2.45, 2.75) is 38.0 Å². The van der Waals surface area contributed by atoms with E-state index in [1.165, 1.54) is 0 Å². The highest BCUT2D eigenvalue weighted by molar-refractivity contribution is 5.94. The Hall–Kier alpha value is -3.69. The van der Waals surface area contributed by atoms with Crippen molar-refractivity contribution >= 4 is 23.4 Å². The van der Waals surface area contributed by atoms with Gasteiger partial charge in [-0.2, -0.15) is 15.1 Å². The maximum atomic E-state index is 15.0. The lowest BCUT2D eigenvalue weighted by Gasteiger charge is -2.45. The molecule has 4 heterocycles. The minimum atomic E-state index is -1.12. The number of carbonyl (C=O) groups excluding carboxylic acids is 1. The van der Waals surface area contributed by atoms with E-state index in [4.69, 9.17) is 4.74 Å². The van der Waals surface area contributed by atoms with E-state index in [-0.39, 0.29) is 23.9 Å². The molecule has 2 N–H and O–H groups in total. The Balaban J connectivity index is 1.18. The number of hydrogen-bond acceptors (Lipinski definition) is 7. The van der Waals surface area contributed by atoms with Gasteiger partial charge in [0, 0.05) is 36.4 Å². The Bertz CT molecular complexity index is 1220. The van der Waals surface area contributed by atoms with Crippen molar-refractivity contribution in [1.82, 2.24) is 25.1 Å². The average Bonchev–Trinajstić information content (AvgIpc) is 3.47. The van der Waals surface area contributed by atoms with E-state index in [9.17, 15) is 9.18 Å². The van der Waals surface area contributed by atoms with Crippen LogP contribution in [0.25, 0.3) is 0 Å². The second-order valence-corrected chi connectivity index (χ2v) is 9.77. The molecule has 2 aliphatic heterocycles. The number of halogens is 1. The molecule has 9 nitrogen and oxygen atoms in total. The summed E-state index contributed by atoms with van der Waals surface area (Å²) >= 11 is 0. The van der Waals surface area contributed by atoms with Crippen molar-refractivity contribution in [3.63, 3.8) is 0 Å². The van der Waals surface area contributed by atoms with Crippen LogP contribution in [-0.4, -0.2) is 68.9 Å². The highest BCUT2D eigenvalue weighted by Gasteiger charge is 2.54. The molecule has 182 valence electrons. The molecule has 0 bridgehead atoms. The summed E-state index contributed by atoms with van der Waals surface area (Å²) in [7, 11) is 0. The molecule has 1 amide bonds. The maximum absolute atomic E-state index is 15.0. The molecular weight excluding hydrogens is 449 g/mol. The quantitative estimate of drug-likeness (QED) is 0.537. The standard InChI is InChI=1S/C25H28FN7O2/c1-16-11-21(31-30-16)27-20-12-22(33-14-25(26,15-33)18-7-8-18)29-24(28-20)35-19-9-10-32(13-19)23(34)17-5-3-2-4-6-17/h2-6,11-12,18-19H,7-10,13-15H2,1H3,(H2,27,28,29,30,31). The number of nitrogens with zero attached hydrogens (tertiary/aromatic N) is 5. The van der Waals surface area contributed by atoms with Crippen LogP contribution < -0.4 is 15.0 Å². The number of aryl methyl sites for hydroxylation is 1. The molecule has 1 atom stereocenters. The third kappa shape index (κ3) is 4.52. The summed E-state index contributed by atoms with van der Waals surface area (Å²) in [5.41, 5.74) is 0.458. The molecule has 0 spiro atoms. The first-order chi connectivity index (χ1) is 16.9. The van der Waals surface area contributed by atoms with Crippen LogP contribution in [0.2, 0.25) is 0 Å². The van der Waals surface area contributed by atoms with E-state index in [0.717, 1.165) is 18.5 Å². The first kappa shape index (κ1) is 21.8. The summed E-state index contributed by atoms with van der Waals surface area (Å²) in [4.78, 5) is 25.6. The Morgan fingerprint density at radius 3 is 2.66 bits per heavy atom. The minimum absolute atomic E-state index is 0.0115. The zero-order valence-electron chi connectivity index (χ0n) is 19.6. The predicted octanol–water partition coefficient (Wildman–Crippen LogP) is 3.48. The number of aromatic amines is 1. The molecule has 3 fully saturated rings. The summed E-state index contributed by atoms with van der Waals surface area (Å²) in [6, 6.07) is 13.1. The number of ether oxygens (including phenoxy) is 1. The SMILES string of the molecule is Cc1cc(Nc2cc(N3CC(F)(C4CC4)C3)nc(OC3CCN(C(=O)c4ccccc4)C3)n2)n[nH]1. The zero-order chi connectivity index (χ0) is 24.0. The first-order valence-corrected chi connectivity index (χ1v) is 12.1. The van der Waals surface area contributed by atoms with Gasteiger partial charge in [0.15, 0.2) is 5.82 Å². The van der Waals surface area contributed by atoms with E-state index >= 15 is 0 Å². The number of H-pyrrole nitrogens is 1. The third-order valence-corrected chi connectivity index (χ3v) is 6.92. The minimum Gasteiger partial charge on any atom is -0.458 e. The summed E-state index contributed by atoms with van der Waals surface area (Å²) in [5, 5.41) is 10.3. The zero-order valence-corrected chi connectivity index (χ0v) is 19.6. The molecule has 2 aromatic heterocycles. The third-order valence-electron chi connectivity index (χ3n) is 6.92. The number of hydrogen-bond donors (Lipinski definition) is 2. The molecule has 3 aliphatic rings. The number of anilines is 3. The van der Waals surface area contributed by atoms with Crippen LogP contribution in [0.3, 0.4) is 0 Å². The van der Waals surface area contributed by atoms with Crippen LogP contribution in [0, 0.1) is 12.8 Å². The number of alkyl halides is 1. The lowest BCUT2D eigenvalue weighted by Crippen LogP contribution is -2.60. The highest BCUT2D eigenvalue weighted by Crippen LogP contribution is 2.48. The second-order valence-electron chi connectivity index (χ2n) is 9.77. The number of rotatable bonds is 7. The average molecular weight is 478 g/mol. The van der Waals surface area contributed by atoms with Gasteiger partial charge in [-0.15, -0.1) is 0 Å². The van der Waals surface area contributed by atoms with Gasteiger partial charge in [-0.3, -0.25) is 9.89 Å². The Morgan fingerprint density at radius 1 is 1.14 bits per heavy atom. The fraction of sp³-hybridized carbons (Fsp3) is 0.440. The number of benzene rings is 1. The van der Waals surface area contributed by atoms with Gasteiger partial charge < -0.3 is 19.9 Å². The van der Waals surface area contributed by atoms with Gasteiger partial charge in [0.25, 0.3) is 5.91 Å². The highest BCUT2D eigenvalue weighted by atomic mass is 19.1. The molecule has 10 heteroatoms. The molecule has 1 aliphatic carbocycles. The van der Waals surface area contributed by atoms with Crippen molar-refractivity contribution < 1.29 is 13.9 Å². The maximum Gasteiger partial charge on any atom is 0.320 e. The Kier molecular flexibility index (Phi) is 5.31. The summed E-state index contributed by atoms with van der Waals surface area (Å²) in [6.07, 6.45) is 2.40. The monoisotopic (exact) mass is 477 g/mol. The van der Waals surface area contributed by atoms with Crippen molar-refractivity contribution in [2.24, 2.45) is 5.92 Å². The lowest BCUT2D eigenvalue weighted by molar-refractivity contribution is 0.0769. The summed E-state index contributed by atoms with van der Waals surface area (Å²) < 4.78 is 21.1. The van der Waals surface area contributed by atoms with Crippen LogP contribution in [0.15, 0.2) is 42.5 Å². The van der Waals surface area contributed by atoms with E-state index in [0.29, 0.717) is 55.6 Å². The molecule has 1 aromatic carbocycles. The van der Waals surface area contributed by atoms with Crippen LogP contribution in [0.4, 0.5) is 21.8 Å². The predicted molar refractivity (Wildman–Crippen MR) is 129 cm³/mol. The largest absolute Gasteiger partial charge is 0.458 e. The summed E-state index contributed by atoms with van der Waals surface area (Å²) in [5.74, 6) is 1.93. The van der Waals surface area contributed by atoms with Crippen molar-refractivity contribution in [1.29, 1.82) is 0 Å². The number of nitrogens with one attached hydrogen (secondary N) is 2.